The Kier molecular flexibility index (Phi) is 5.69. The van der Waals surface area contributed by atoms with Crippen LogP contribution < -0.4 is 10.9 Å². The van der Waals surface area contributed by atoms with Crippen LogP contribution in [-0.2, 0) is 9.59 Å². The van der Waals surface area contributed by atoms with Crippen molar-refractivity contribution >= 4 is 11.9 Å². The Morgan fingerprint density at radius 3 is 2.43 bits per heavy atom. The average molecular weight is 294 g/mol. The molecule has 21 heavy (non-hydrogen) atoms. The van der Waals surface area contributed by atoms with Crippen LogP contribution in [0.5, 0.6) is 0 Å². The summed E-state index contributed by atoms with van der Waals surface area (Å²) in [7, 11) is 0. The van der Waals surface area contributed by atoms with E-state index < -0.39 is 24.0 Å². The standard InChI is InChI=1S/C15H22N2O4/c1-5-11(15(20)21)16-14(19)13(9(2)3)17-8-10(4)6-7-12(17)18/h6-9,11,13H,5H2,1-4H3,(H,16,19)(H,20,21). The van der Waals surface area contributed by atoms with Crippen LogP contribution in [-0.4, -0.2) is 27.6 Å². The number of pyridine rings is 1. The molecule has 1 rings (SSSR count). The molecule has 0 saturated heterocycles. The second-order valence-electron chi connectivity index (χ2n) is 5.45. The number of rotatable bonds is 6. The summed E-state index contributed by atoms with van der Waals surface area (Å²) < 4.78 is 1.36. The molecule has 0 fully saturated rings. The second-order valence-corrected chi connectivity index (χ2v) is 5.45. The molecule has 116 valence electrons. The van der Waals surface area contributed by atoms with Gasteiger partial charge in [0.15, 0.2) is 0 Å². The molecule has 6 nitrogen and oxygen atoms in total. The molecule has 1 amide bonds. The normalized spacial score (nSPS) is 13.8. The summed E-state index contributed by atoms with van der Waals surface area (Å²) >= 11 is 0. The predicted molar refractivity (Wildman–Crippen MR) is 79.2 cm³/mol. The first kappa shape index (κ1) is 16.9. The molecule has 0 bridgehead atoms. The minimum Gasteiger partial charge on any atom is -0.480 e. The Bertz CT molecular complexity index is 577. The van der Waals surface area contributed by atoms with Crippen LogP contribution in [0.3, 0.4) is 0 Å². The van der Waals surface area contributed by atoms with E-state index in [9.17, 15) is 14.4 Å². The summed E-state index contributed by atoms with van der Waals surface area (Å²) in [5.74, 6) is -1.67. The lowest BCUT2D eigenvalue weighted by atomic mass is 10.0. The van der Waals surface area contributed by atoms with Crippen LogP contribution in [0.2, 0.25) is 0 Å². The van der Waals surface area contributed by atoms with Crippen molar-refractivity contribution in [3.05, 3.63) is 34.2 Å². The van der Waals surface area contributed by atoms with Crippen molar-refractivity contribution in [1.29, 1.82) is 0 Å². The van der Waals surface area contributed by atoms with Gasteiger partial charge in [-0.05, 0) is 24.8 Å². The number of aryl methyl sites for hydroxylation is 1. The van der Waals surface area contributed by atoms with Crippen LogP contribution in [0.4, 0.5) is 0 Å². The van der Waals surface area contributed by atoms with Crippen molar-refractivity contribution < 1.29 is 14.7 Å². The van der Waals surface area contributed by atoms with Crippen molar-refractivity contribution in [2.24, 2.45) is 5.92 Å². The van der Waals surface area contributed by atoms with Gasteiger partial charge in [0.25, 0.3) is 5.56 Å². The van der Waals surface area contributed by atoms with Gasteiger partial charge in [-0.3, -0.25) is 9.59 Å². The van der Waals surface area contributed by atoms with E-state index in [1.165, 1.54) is 10.6 Å². The van der Waals surface area contributed by atoms with Crippen LogP contribution >= 0.6 is 0 Å². The molecule has 2 atom stereocenters. The molecule has 0 aliphatic heterocycles. The summed E-state index contributed by atoms with van der Waals surface area (Å²) in [5, 5.41) is 11.5. The van der Waals surface area contributed by atoms with Crippen molar-refractivity contribution in [1.82, 2.24) is 9.88 Å². The minimum absolute atomic E-state index is 0.143. The monoisotopic (exact) mass is 294 g/mol. The lowest BCUT2D eigenvalue weighted by Crippen LogP contribution is -2.46. The first-order valence-electron chi connectivity index (χ1n) is 6.99. The van der Waals surface area contributed by atoms with E-state index in [2.05, 4.69) is 5.32 Å². The van der Waals surface area contributed by atoms with Gasteiger partial charge in [0.2, 0.25) is 5.91 Å². The molecule has 0 aromatic carbocycles. The van der Waals surface area contributed by atoms with Crippen molar-refractivity contribution in [2.75, 3.05) is 0 Å². The number of aliphatic carboxylic acids is 1. The molecule has 1 aromatic heterocycles. The second kappa shape index (κ2) is 7.06. The van der Waals surface area contributed by atoms with E-state index in [0.717, 1.165) is 5.56 Å². The summed E-state index contributed by atoms with van der Waals surface area (Å²) in [5.41, 5.74) is 0.580. The van der Waals surface area contributed by atoms with E-state index >= 15 is 0 Å². The quantitative estimate of drug-likeness (QED) is 0.828. The van der Waals surface area contributed by atoms with Crippen LogP contribution in [0, 0.1) is 12.8 Å². The molecule has 0 spiro atoms. The zero-order chi connectivity index (χ0) is 16.2. The summed E-state index contributed by atoms with van der Waals surface area (Å²) in [6.45, 7) is 7.15. The third-order valence-corrected chi connectivity index (χ3v) is 3.31. The highest BCUT2D eigenvalue weighted by Crippen LogP contribution is 2.17. The zero-order valence-corrected chi connectivity index (χ0v) is 12.8. The van der Waals surface area contributed by atoms with Gasteiger partial charge in [-0.15, -0.1) is 0 Å². The SMILES string of the molecule is CCC(NC(=O)C(C(C)C)n1cc(C)ccc1=O)C(=O)O. The summed E-state index contributed by atoms with van der Waals surface area (Å²) in [6, 6.07) is 1.41. The number of carbonyl (C=O) groups excluding carboxylic acids is 1. The lowest BCUT2D eigenvalue weighted by molar-refractivity contribution is -0.142. The largest absolute Gasteiger partial charge is 0.480 e. The highest BCUT2D eigenvalue weighted by molar-refractivity contribution is 5.86. The van der Waals surface area contributed by atoms with Gasteiger partial charge < -0.3 is 15.0 Å². The molecule has 2 unspecified atom stereocenters. The fraction of sp³-hybridized carbons (Fsp3) is 0.533. The number of amides is 1. The average Bonchev–Trinajstić information content (AvgIpc) is 2.39. The highest BCUT2D eigenvalue weighted by atomic mass is 16.4. The molecule has 0 aliphatic carbocycles. The Balaban J connectivity index is 3.12. The van der Waals surface area contributed by atoms with E-state index in [4.69, 9.17) is 5.11 Å². The molecule has 0 saturated carbocycles. The van der Waals surface area contributed by atoms with Gasteiger partial charge in [-0.25, -0.2) is 4.79 Å². The Labute approximate surface area is 123 Å². The van der Waals surface area contributed by atoms with Gasteiger partial charge in [0.05, 0.1) is 0 Å². The maximum Gasteiger partial charge on any atom is 0.326 e. The molecule has 0 radical (unpaired) electrons. The molecule has 0 aliphatic rings. The van der Waals surface area contributed by atoms with Crippen LogP contribution in [0.15, 0.2) is 23.1 Å². The Morgan fingerprint density at radius 1 is 1.33 bits per heavy atom. The van der Waals surface area contributed by atoms with Crippen LogP contribution in [0.25, 0.3) is 0 Å². The Hall–Kier alpha value is -2.11. The number of aromatic nitrogens is 1. The topological polar surface area (TPSA) is 88.4 Å². The molecule has 1 heterocycles. The predicted octanol–water partition coefficient (Wildman–Crippen LogP) is 1.33. The zero-order valence-electron chi connectivity index (χ0n) is 12.8. The maximum absolute atomic E-state index is 12.4. The lowest BCUT2D eigenvalue weighted by Gasteiger charge is -2.24. The van der Waals surface area contributed by atoms with Crippen molar-refractivity contribution in [3.8, 4) is 0 Å². The van der Waals surface area contributed by atoms with Gasteiger partial charge in [-0.1, -0.05) is 26.8 Å². The van der Waals surface area contributed by atoms with Gasteiger partial charge >= 0.3 is 5.97 Å². The number of carboxylic acid groups (broad SMARTS) is 1. The van der Waals surface area contributed by atoms with Crippen LogP contribution in [0.1, 0.15) is 38.8 Å². The molecular weight excluding hydrogens is 272 g/mol. The maximum atomic E-state index is 12.4. The number of carbonyl (C=O) groups is 2. The first-order valence-corrected chi connectivity index (χ1v) is 6.99. The number of nitrogens with one attached hydrogen (secondary N) is 1. The molecular formula is C15H22N2O4. The highest BCUT2D eigenvalue weighted by Gasteiger charge is 2.28. The van der Waals surface area contributed by atoms with E-state index in [0.29, 0.717) is 0 Å². The number of hydrogen-bond acceptors (Lipinski definition) is 3. The number of nitrogens with zero attached hydrogens (tertiary/aromatic N) is 1. The molecule has 1 aromatic rings. The number of hydrogen-bond donors (Lipinski definition) is 2. The van der Waals surface area contributed by atoms with E-state index in [1.54, 1.807) is 19.2 Å². The van der Waals surface area contributed by atoms with E-state index in [-0.39, 0.29) is 17.9 Å². The third kappa shape index (κ3) is 4.18. The van der Waals surface area contributed by atoms with Gasteiger partial charge in [0.1, 0.15) is 12.1 Å². The van der Waals surface area contributed by atoms with Gasteiger partial charge in [0, 0.05) is 12.3 Å². The third-order valence-electron chi connectivity index (χ3n) is 3.31. The van der Waals surface area contributed by atoms with Gasteiger partial charge in [-0.2, -0.15) is 0 Å². The molecule has 2 N–H and O–H groups in total. The summed E-state index contributed by atoms with van der Waals surface area (Å²) in [6.07, 6.45) is 1.91. The first-order chi connectivity index (χ1) is 9.77. The fourth-order valence-electron chi connectivity index (χ4n) is 2.18. The van der Waals surface area contributed by atoms with E-state index in [1.807, 2.05) is 20.8 Å². The number of carboxylic acids is 1. The molecule has 6 heteroatoms. The fourth-order valence-corrected chi connectivity index (χ4v) is 2.18. The summed E-state index contributed by atoms with van der Waals surface area (Å²) in [4.78, 5) is 35.4. The minimum atomic E-state index is -1.08. The Morgan fingerprint density at radius 2 is 1.95 bits per heavy atom. The van der Waals surface area contributed by atoms with Crippen molar-refractivity contribution in [2.45, 2.75) is 46.2 Å². The smallest absolute Gasteiger partial charge is 0.326 e. The van der Waals surface area contributed by atoms with Crippen molar-refractivity contribution in [3.63, 3.8) is 0 Å².